The summed E-state index contributed by atoms with van der Waals surface area (Å²) in [6, 6.07) is 4.39. The molecule has 0 unspecified atom stereocenters. The second-order valence-corrected chi connectivity index (χ2v) is 11.9. The Morgan fingerprint density at radius 2 is 1.89 bits per heavy atom. The first-order valence-electron chi connectivity index (χ1n) is 15.0. The summed E-state index contributed by atoms with van der Waals surface area (Å²) in [6.45, 7) is 2.62. The normalized spacial score (nSPS) is 18.2. The summed E-state index contributed by atoms with van der Waals surface area (Å²) in [7, 11) is 1.50. The van der Waals surface area contributed by atoms with Gasteiger partial charge in [0.25, 0.3) is 11.8 Å². The van der Waals surface area contributed by atoms with Crippen LogP contribution in [-0.4, -0.2) is 81.5 Å². The summed E-state index contributed by atoms with van der Waals surface area (Å²) in [5.74, 6) is -3.59. The van der Waals surface area contributed by atoms with Gasteiger partial charge >= 0.3 is 6.18 Å². The lowest BCUT2D eigenvalue weighted by molar-refractivity contribution is -0.137. The van der Waals surface area contributed by atoms with E-state index in [1.54, 1.807) is 4.90 Å². The number of nitrogens with zero attached hydrogens (tertiary/aromatic N) is 4. The highest BCUT2D eigenvalue weighted by Gasteiger charge is 2.37. The minimum absolute atomic E-state index is 0.0812. The van der Waals surface area contributed by atoms with E-state index in [2.05, 4.69) is 15.6 Å². The van der Waals surface area contributed by atoms with E-state index in [4.69, 9.17) is 12.2 Å². The predicted molar refractivity (Wildman–Crippen MR) is 160 cm³/mol. The molecule has 1 saturated heterocycles. The molecule has 1 aliphatic carbocycles. The fourth-order valence-electron chi connectivity index (χ4n) is 5.88. The van der Waals surface area contributed by atoms with E-state index in [0.717, 1.165) is 31.7 Å². The molecule has 2 amide bonds. The fraction of sp³-hybridized carbons (Fsp3) is 0.600. The van der Waals surface area contributed by atoms with E-state index in [-0.39, 0.29) is 54.1 Å². The molecule has 2 aromatic rings. The second-order valence-electron chi connectivity index (χ2n) is 11.5. The van der Waals surface area contributed by atoms with Crippen molar-refractivity contribution in [2.75, 3.05) is 33.2 Å². The first kappa shape index (κ1) is 33.8. The number of amides is 2. The number of imidazole rings is 1. The van der Waals surface area contributed by atoms with E-state index in [9.17, 15) is 31.5 Å². The van der Waals surface area contributed by atoms with Crippen molar-refractivity contribution in [3.8, 4) is 5.69 Å². The highest BCUT2D eigenvalue weighted by molar-refractivity contribution is 7.80. The number of carbonyl (C=O) groups is 2. The Morgan fingerprint density at radius 3 is 2.55 bits per heavy atom. The molecule has 242 valence electrons. The van der Waals surface area contributed by atoms with Crippen molar-refractivity contribution in [2.24, 2.45) is 0 Å². The fourth-order valence-corrected chi connectivity index (χ4v) is 6.13. The molecule has 0 bridgehead atoms. The smallest absolute Gasteiger partial charge is 0.362 e. The maximum Gasteiger partial charge on any atom is 0.418 e. The third kappa shape index (κ3) is 8.52. The summed E-state index contributed by atoms with van der Waals surface area (Å²) in [5, 5.41) is 5.92. The van der Waals surface area contributed by atoms with Gasteiger partial charge in [-0.3, -0.25) is 19.4 Å². The predicted octanol–water partition coefficient (Wildman–Crippen LogP) is 5.51. The van der Waals surface area contributed by atoms with Crippen molar-refractivity contribution >= 4 is 29.1 Å². The summed E-state index contributed by atoms with van der Waals surface area (Å²) >= 11 is 5.24. The number of halogens is 5. The first-order valence-corrected chi connectivity index (χ1v) is 15.4. The molecule has 1 saturated carbocycles. The molecule has 1 aromatic carbocycles. The Bertz CT molecular complexity index is 1330. The van der Waals surface area contributed by atoms with Gasteiger partial charge in [-0.15, -0.1) is 0 Å². The highest BCUT2D eigenvalue weighted by atomic mass is 32.1. The number of carbonyl (C=O) groups excluding carboxylic acids is 2. The zero-order valence-electron chi connectivity index (χ0n) is 24.9. The van der Waals surface area contributed by atoms with Crippen LogP contribution in [0.15, 0.2) is 30.5 Å². The Kier molecular flexibility index (Phi) is 11.0. The van der Waals surface area contributed by atoms with Gasteiger partial charge in [0.2, 0.25) is 5.91 Å². The monoisotopic (exact) mass is 642 g/mol. The molecule has 14 heteroatoms. The lowest BCUT2D eigenvalue weighted by atomic mass is 10.0. The van der Waals surface area contributed by atoms with Crippen LogP contribution in [0.5, 0.6) is 0 Å². The quantitative estimate of drug-likeness (QED) is 0.263. The molecule has 2 N–H and O–H groups in total. The Labute approximate surface area is 259 Å². The number of rotatable bonds is 10. The van der Waals surface area contributed by atoms with E-state index in [0.29, 0.717) is 25.3 Å². The summed E-state index contributed by atoms with van der Waals surface area (Å²) < 4.78 is 71.2. The molecular weight excluding hydrogens is 603 g/mol. The van der Waals surface area contributed by atoms with Crippen molar-refractivity contribution < 1.29 is 31.5 Å². The number of hydrogen-bond donors (Lipinski definition) is 2. The van der Waals surface area contributed by atoms with Crippen molar-refractivity contribution in [2.45, 2.75) is 82.3 Å². The van der Waals surface area contributed by atoms with Gasteiger partial charge in [0.05, 0.1) is 17.8 Å². The van der Waals surface area contributed by atoms with Crippen LogP contribution in [0.4, 0.5) is 22.0 Å². The Hall–Kier alpha value is -3.13. The molecule has 2 heterocycles. The topological polar surface area (TPSA) is 82.5 Å². The number of likely N-dealkylation sites (tertiary alicyclic amines) is 1. The highest BCUT2D eigenvalue weighted by Crippen LogP contribution is 2.38. The number of aromatic nitrogens is 2. The summed E-state index contributed by atoms with van der Waals surface area (Å²) in [5.41, 5.74) is -1.04. The molecule has 1 atom stereocenters. The molecular formula is C30H39F5N6O2S. The van der Waals surface area contributed by atoms with E-state index in [1.165, 1.54) is 40.9 Å². The molecule has 4 rings (SSSR count). The van der Waals surface area contributed by atoms with Crippen LogP contribution in [-0.2, 0) is 11.0 Å². The zero-order chi connectivity index (χ0) is 32.1. The Morgan fingerprint density at radius 1 is 1.18 bits per heavy atom. The van der Waals surface area contributed by atoms with Gasteiger partial charge < -0.3 is 15.2 Å². The molecule has 0 radical (unpaired) electrons. The third-order valence-corrected chi connectivity index (χ3v) is 8.60. The molecule has 2 aliphatic rings. The maximum absolute atomic E-state index is 14.0. The van der Waals surface area contributed by atoms with Crippen LogP contribution in [0.3, 0.4) is 0 Å². The molecule has 1 aromatic heterocycles. The van der Waals surface area contributed by atoms with Crippen LogP contribution in [0.25, 0.3) is 5.69 Å². The summed E-state index contributed by atoms with van der Waals surface area (Å²) in [6.07, 6.45) is 0.166. The lowest BCUT2D eigenvalue weighted by Crippen LogP contribution is -2.47. The van der Waals surface area contributed by atoms with Crippen molar-refractivity contribution in [3.05, 3.63) is 47.5 Å². The van der Waals surface area contributed by atoms with E-state index in [1.807, 2.05) is 6.92 Å². The van der Waals surface area contributed by atoms with E-state index < -0.39 is 36.2 Å². The number of piperidine rings is 1. The zero-order valence-corrected chi connectivity index (χ0v) is 25.7. The van der Waals surface area contributed by atoms with Crippen LogP contribution in [0.2, 0.25) is 0 Å². The SMILES string of the molecule is CCNC(=S)N(C)C(=O)C[C@H](CCN1CCCC(F)(F)C1)NC(=O)c1cn(-c2ccccc2C(F)(F)F)c(C2CCCC2)n1. The second kappa shape index (κ2) is 14.3. The number of para-hydroxylation sites is 1. The van der Waals surface area contributed by atoms with E-state index >= 15 is 0 Å². The van der Waals surface area contributed by atoms with Gasteiger partial charge in [-0.1, -0.05) is 25.0 Å². The third-order valence-electron chi connectivity index (χ3n) is 8.18. The number of hydrogen-bond acceptors (Lipinski definition) is 5. The van der Waals surface area contributed by atoms with Crippen molar-refractivity contribution in [1.82, 2.24) is 30.0 Å². The Balaban J connectivity index is 1.60. The number of alkyl halides is 5. The summed E-state index contributed by atoms with van der Waals surface area (Å²) in [4.78, 5) is 34.1. The van der Waals surface area contributed by atoms with Gasteiger partial charge in [-0.05, 0) is 63.5 Å². The minimum Gasteiger partial charge on any atom is -0.362 e. The van der Waals surface area contributed by atoms with Crippen LogP contribution >= 0.6 is 12.2 Å². The van der Waals surface area contributed by atoms with Crippen LogP contribution < -0.4 is 10.6 Å². The van der Waals surface area contributed by atoms with Crippen molar-refractivity contribution in [1.29, 1.82) is 0 Å². The number of nitrogens with one attached hydrogen (secondary N) is 2. The first-order chi connectivity index (χ1) is 20.8. The standard InChI is InChI=1S/C30H39F5N6O2S/c1-3-36-28(44)39(2)25(42)17-21(13-16-40-15-8-14-29(31,32)19-40)37-27(43)23-18-41(26(38-23)20-9-4-5-10-20)24-12-7-6-11-22(24)30(33,34)35/h6-7,11-12,18,20-21H,3-5,8-10,13-17,19H2,1-2H3,(H,36,44)(H,37,43)/t21-/m0/s1. The van der Waals surface area contributed by atoms with Crippen LogP contribution in [0.1, 0.15) is 86.1 Å². The average Bonchev–Trinajstić information content (AvgIpc) is 3.65. The molecule has 1 aliphatic heterocycles. The van der Waals surface area contributed by atoms with Crippen molar-refractivity contribution in [3.63, 3.8) is 0 Å². The van der Waals surface area contributed by atoms with Gasteiger partial charge in [0, 0.05) is 51.1 Å². The average molecular weight is 643 g/mol. The minimum atomic E-state index is -4.62. The molecule has 44 heavy (non-hydrogen) atoms. The number of benzene rings is 1. The van der Waals surface area contributed by atoms with Gasteiger partial charge in [0.15, 0.2) is 5.11 Å². The lowest BCUT2D eigenvalue weighted by Gasteiger charge is -2.33. The van der Waals surface area contributed by atoms with Gasteiger partial charge in [-0.2, -0.15) is 13.2 Å². The largest absolute Gasteiger partial charge is 0.418 e. The molecule has 0 spiro atoms. The number of thiocarbonyl (C=S) groups is 1. The maximum atomic E-state index is 14.0. The van der Waals surface area contributed by atoms with Gasteiger partial charge in [0.1, 0.15) is 11.5 Å². The molecule has 8 nitrogen and oxygen atoms in total. The van der Waals surface area contributed by atoms with Gasteiger partial charge in [-0.25, -0.2) is 13.8 Å². The van der Waals surface area contributed by atoms with Crippen LogP contribution in [0, 0.1) is 0 Å². The molecule has 2 fully saturated rings.